The summed E-state index contributed by atoms with van der Waals surface area (Å²) in [5, 5.41) is 137. The monoisotopic (exact) mass is 1500 g/mol. The molecule has 23 heteroatoms. The average Bonchev–Trinajstić information content (AvgIpc) is 0.753. The number of hydrogen-bond donors (Lipinski definition) is 14. The van der Waals surface area contributed by atoms with E-state index in [1.54, 1.807) is 0 Å². The molecule has 105 heavy (non-hydrogen) atoms. The molecule has 2 amide bonds. The fraction of sp³-hybridized carbons (Fsp3) is 0.939. The van der Waals surface area contributed by atoms with E-state index < -0.39 is 148 Å². The first-order valence-corrected chi connectivity index (χ1v) is 42.5. The Morgan fingerprint density at radius 2 is 0.886 bits per heavy atom. The Hall–Kier alpha value is -2.53. The number of ether oxygens (including phenoxy) is 6. The number of carbonyl (C=O) groups is 3. The van der Waals surface area contributed by atoms with Crippen LogP contribution in [0.15, 0.2) is 12.2 Å². The standard InChI is InChI=1S/C82H154N2O21/c1-4-6-8-10-12-14-16-18-20-22-24-25-26-27-28-29-30-31-32-33-34-35-36-38-40-42-44-46-48-50-52-54-56-69(92)84-63(64(89)55-53-51-49-47-45-43-41-39-37-23-21-19-17-15-13-11-9-7-5-2)61-100-79-74(96)73(95)76(68(60-87)102-79)103-80-75(97)78(72(94)67(59-86)101-80)105-82(81(98)99)57-65(90)70(83-62(3)88)77(104-82)71(93)66(91)58-85/h27-28,63-68,70-80,85-87,89-91,93-97H,4-26,29-61H2,1-3H3,(H,83,88)(H,84,92)(H,98,99)/b28-27-. The molecule has 0 bridgehead atoms. The molecule has 0 saturated carbocycles. The summed E-state index contributed by atoms with van der Waals surface area (Å²) in [5.74, 6) is -6.09. The second kappa shape index (κ2) is 61.1. The van der Waals surface area contributed by atoms with E-state index in [9.17, 15) is 75.7 Å². The van der Waals surface area contributed by atoms with Gasteiger partial charge in [0, 0.05) is 19.8 Å². The molecule has 14 N–H and O–H groups in total. The molecule has 0 aliphatic carbocycles. The van der Waals surface area contributed by atoms with E-state index in [1.807, 2.05) is 0 Å². The van der Waals surface area contributed by atoms with E-state index >= 15 is 0 Å². The minimum Gasteiger partial charge on any atom is -0.477 e. The Labute approximate surface area is 632 Å². The van der Waals surface area contributed by atoms with Crippen molar-refractivity contribution in [3.05, 3.63) is 12.2 Å². The molecule has 0 aromatic carbocycles. The summed E-state index contributed by atoms with van der Waals surface area (Å²) in [5.41, 5.74) is 0. The lowest BCUT2D eigenvalue weighted by molar-refractivity contribution is -0.386. The number of allylic oxidation sites excluding steroid dienone is 2. The van der Waals surface area contributed by atoms with Crippen LogP contribution in [0.5, 0.6) is 0 Å². The SMILES string of the molecule is CCCCCCCCCCCCCC/C=C\CCCCCCCCCCCCCCCCCCC(=O)NC(COC1OC(CO)C(OC2OC(CO)C(O)C(OC3(C(=O)O)CC(O)C(NC(C)=O)C(C(O)C(O)CO)O3)C2O)C(O)C1O)C(O)CCCCCCCCCCCCCCCCCCCCC. The van der Waals surface area contributed by atoms with Gasteiger partial charge in [-0.25, -0.2) is 4.79 Å². The van der Waals surface area contributed by atoms with Gasteiger partial charge in [0.25, 0.3) is 5.79 Å². The molecule has 618 valence electrons. The first kappa shape index (κ1) is 96.7. The van der Waals surface area contributed by atoms with Crippen molar-refractivity contribution in [1.29, 1.82) is 0 Å². The number of aliphatic hydroxyl groups excluding tert-OH is 11. The van der Waals surface area contributed by atoms with E-state index in [1.165, 1.54) is 250 Å². The number of nitrogens with one attached hydrogen (secondary N) is 2. The Kier molecular flexibility index (Phi) is 56.3. The number of aliphatic carboxylic acids is 1. The van der Waals surface area contributed by atoms with Crippen LogP contribution in [-0.2, 0) is 42.8 Å². The van der Waals surface area contributed by atoms with Crippen LogP contribution in [0.3, 0.4) is 0 Å². The normalized spacial score (nSPS) is 26.2. The number of hydrogen-bond acceptors (Lipinski definition) is 20. The Balaban J connectivity index is 1.46. The molecule has 3 aliphatic heterocycles. The van der Waals surface area contributed by atoms with Crippen molar-refractivity contribution in [2.75, 3.05) is 26.4 Å². The van der Waals surface area contributed by atoms with Gasteiger partial charge >= 0.3 is 5.97 Å². The highest BCUT2D eigenvalue weighted by Crippen LogP contribution is 2.39. The fourth-order valence-electron chi connectivity index (χ4n) is 15.0. The van der Waals surface area contributed by atoms with E-state index in [0.29, 0.717) is 19.3 Å². The van der Waals surface area contributed by atoms with E-state index in [4.69, 9.17) is 28.4 Å². The number of rotatable bonds is 68. The summed E-state index contributed by atoms with van der Waals surface area (Å²) < 4.78 is 35.0. The van der Waals surface area contributed by atoms with Gasteiger partial charge in [0.15, 0.2) is 12.6 Å². The second-order valence-corrected chi connectivity index (χ2v) is 31.0. The summed E-state index contributed by atoms with van der Waals surface area (Å²) in [6, 6.07) is -2.53. The lowest BCUT2D eigenvalue weighted by Gasteiger charge is -2.50. The van der Waals surface area contributed by atoms with Gasteiger partial charge in [0.05, 0.1) is 50.7 Å². The summed E-state index contributed by atoms with van der Waals surface area (Å²) in [6.45, 7) is 2.27. The van der Waals surface area contributed by atoms with Crippen molar-refractivity contribution in [2.45, 2.75) is 464 Å². The van der Waals surface area contributed by atoms with Gasteiger partial charge in [-0.3, -0.25) is 9.59 Å². The van der Waals surface area contributed by atoms with Gasteiger partial charge in [-0.1, -0.05) is 309 Å². The Morgan fingerprint density at radius 1 is 0.486 bits per heavy atom. The van der Waals surface area contributed by atoms with Gasteiger partial charge < -0.3 is 100 Å². The van der Waals surface area contributed by atoms with Crippen molar-refractivity contribution in [2.24, 2.45) is 0 Å². The number of aliphatic hydroxyl groups is 11. The molecule has 0 radical (unpaired) electrons. The number of carboxylic acid groups (broad SMARTS) is 1. The minimum absolute atomic E-state index is 0.227. The molecule has 18 unspecified atom stereocenters. The topological polar surface area (TPSA) is 373 Å². The largest absolute Gasteiger partial charge is 0.477 e. The molecule has 3 rings (SSSR count). The van der Waals surface area contributed by atoms with Crippen LogP contribution in [0.25, 0.3) is 0 Å². The molecule has 3 saturated heterocycles. The molecular formula is C82H154N2O21. The van der Waals surface area contributed by atoms with Crippen LogP contribution in [0.1, 0.15) is 355 Å². The third-order valence-electron chi connectivity index (χ3n) is 21.7. The molecule has 0 aromatic heterocycles. The smallest absolute Gasteiger partial charge is 0.364 e. The van der Waals surface area contributed by atoms with Crippen molar-refractivity contribution < 1.29 is 104 Å². The zero-order chi connectivity index (χ0) is 76.7. The number of carboxylic acids is 1. The number of unbranched alkanes of at least 4 members (excludes halogenated alkanes) is 46. The first-order valence-electron chi connectivity index (χ1n) is 42.5. The molecule has 23 nitrogen and oxygen atoms in total. The predicted molar refractivity (Wildman–Crippen MR) is 408 cm³/mol. The lowest BCUT2D eigenvalue weighted by Crippen LogP contribution is -2.70. The van der Waals surface area contributed by atoms with E-state index in [0.717, 1.165) is 58.3 Å². The third kappa shape index (κ3) is 41.0. The van der Waals surface area contributed by atoms with Crippen molar-refractivity contribution in [3.63, 3.8) is 0 Å². The van der Waals surface area contributed by atoms with Gasteiger partial charge in [-0.2, -0.15) is 0 Å². The zero-order valence-corrected chi connectivity index (χ0v) is 65.6. The average molecular weight is 1500 g/mol. The molecule has 3 fully saturated rings. The van der Waals surface area contributed by atoms with Crippen LogP contribution in [-0.4, -0.2) is 215 Å². The van der Waals surface area contributed by atoms with Crippen LogP contribution in [0.4, 0.5) is 0 Å². The van der Waals surface area contributed by atoms with Crippen LogP contribution in [0.2, 0.25) is 0 Å². The van der Waals surface area contributed by atoms with Crippen LogP contribution in [0, 0.1) is 0 Å². The van der Waals surface area contributed by atoms with Crippen LogP contribution < -0.4 is 10.6 Å². The van der Waals surface area contributed by atoms with Crippen molar-refractivity contribution >= 4 is 17.8 Å². The maximum Gasteiger partial charge on any atom is 0.364 e. The highest BCUT2D eigenvalue weighted by molar-refractivity contribution is 5.77. The summed E-state index contributed by atoms with van der Waals surface area (Å²) in [6.07, 6.45) is 37.9. The van der Waals surface area contributed by atoms with Crippen molar-refractivity contribution in [1.82, 2.24) is 10.6 Å². The predicted octanol–water partition coefficient (Wildman–Crippen LogP) is 12.1. The maximum absolute atomic E-state index is 13.6. The third-order valence-corrected chi connectivity index (χ3v) is 21.7. The quantitative estimate of drug-likeness (QED) is 0.0199. The summed E-state index contributed by atoms with van der Waals surface area (Å²) in [7, 11) is 0. The summed E-state index contributed by atoms with van der Waals surface area (Å²) >= 11 is 0. The maximum atomic E-state index is 13.6. The molecule has 0 spiro atoms. The number of amides is 2. The molecular weight excluding hydrogens is 1350 g/mol. The zero-order valence-electron chi connectivity index (χ0n) is 65.6. The number of carbonyl (C=O) groups excluding carboxylic acids is 2. The van der Waals surface area contributed by atoms with Crippen LogP contribution >= 0.6 is 0 Å². The second-order valence-electron chi connectivity index (χ2n) is 31.0. The molecule has 18 atom stereocenters. The summed E-state index contributed by atoms with van der Waals surface area (Å²) in [4.78, 5) is 38.7. The Morgan fingerprint density at radius 3 is 1.29 bits per heavy atom. The van der Waals surface area contributed by atoms with Gasteiger partial charge in [-0.05, 0) is 38.5 Å². The van der Waals surface area contributed by atoms with E-state index in [2.05, 4.69) is 36.6 Å². The van der Waals surface area contributed by atoms with Crippen molar-refractivity contribution in [3.8, 4) is 0 Å². The van der Waals surface area contributed by atoms with Gasteiger partial charge in [0.1, 0.15) is 67.1 Å². The minimum atomic E-state index is -3.08. The van der Waals surface area contributed by atoms with Gasteiger partial charge in [0.2, 0.25) is 11.8 Å². The first-order chi connectivity index (χ1) is 50.9. The molecule has 3 heterocycles. The lowest BCUT2D eigenvalue weighted by atomic mass is 9.88. The van der Waals surface area contributed by atoms with Gasteiger partial charge in [-0.15, -0.1) is 0 Å². The Bertz CT molecular complexity index is 2140. The fourth-order valence-corrected chi connectivity index (χ4v) is 15.0. The highest BCUT2D eigenvalue weighted by atomic mass is 16.8. The molecule has 3 aliphatic rings. The molecule has 0 aromatic rings. The van der Waals surface area contributed by atoms with E-state index in [-0.39, 0.29) is 18.9 Å². The highest BCUT2D eigenvalue weighted by Gasteiger charge is 2.60.